The van der Waals surface area contributed by atoms with Crippen LogP contribution in [0.3, 0.4) is 0 Å². The fourth-order valence-electron chi connectivity index (χ4n) is 4.39. The highest BCUT2D eigenvalue weighted by Crippen LogP contribution is 2.31. The molecule has 0 aromatic heterocycles. The van der Waals surface area contributed by atoms with Gasteiger partial charge in [0.05, 0.1) is 11.1 Å². The van der Waals surface area contributed by atoms with Crippen molar-refractivity contribution in [1.82, 2.24) is 0 Å². The van der Waals surface area contributed by atoms with Gasteiger partial charge in [-0.3, -0.25) is 0 Å². The lowest BCUT2D eigenvalue weighted by atomic mass is 9.85. The SMILES string of the molecule is C(#Cc1ccccc1)C(C#Cc1ccccc1)=C1CCC(=C(C#Cc2ccccc2)C#Cc2ccccc2)CC1. The molecule has 0 spiro atoms. The minimum Gasteiger partial charge on any atom is -0.0622 e. The van der Waals surface area contributed by atoms with Crippen molar-refractivity contribution < 1.29 is 0 Å². The highest BCUT2D eigenvalue weighted by atomic mass is 14.2. The zero-order valence-electron chi connectivity index (χ0n) is 22.4. The minimum atomic E-state index is 0.904. The van der Waals surface area contributed by atoms with Gasteiger partial charge in [0.15, 0.2) is 0 Å². The van der Waals surface area contributed by atoms with Crippen LogP contribution in [-0.2, 0) is 0 Å². The molecule has 0 saturated heterocycles. The molecule has 0 atom stereocenters. The van der Waals surface area contributed by atoms with Crippen molar-refractivity contribution in [3.63, 3.8) is 0 Å². The van der Waals surface area contributed by atoms with Gasteiger partial charge in [0.25, 0.3) is 0 Å². The van der Waals surface area contributed by atoms with Crippen LogP contribution in [0.4, 0.5) is 0 Å². The fraction of sp³-hybridized carbons (Fsp3) is 0.100. The first-order chi connectivity index (χ1) is 19.8. The van der Waals surface area contributed by atoms with E-state index < -0.39 is 0 Å². The molecule has 0 N–H and O–H groups in total. The van der Waals surface area contributed by atoms with Crippen LogP contribution in [0.2, 0.25) is 0 Å². The number of allylic oxidation sites excluding steroid dienone is 4. The second kappa shape index (κ2) is 13.9. The Morgan fingerprint density at radius 2 is 0.550 bits per heavy atom. The van der Waals surface area contributed by atoms with E-state index in [1.807, 2.05) is 121 Å². The Kier molecular flexibility index (Phi) is 9.14. The standard InChI is InChI=1S/C40H28/c1-5-13-33(14-6-1)21-25-37(26-22-34-15-7-2-8-16-34)39-29-31-40(32-30-39)38(27-23-35-17-9-3-10-18-35)28-24-36-19-11-4-12-20-36/h1-20H,29-32H2. The molecule has 0 bridgehead atoms. The van der Waals surface area contributed by atoms with E-state index in [-0.39, 0.29) is 0 Å². The monoisotopic (exact) mass is 508 g/mol. The van der Waals surface area contributed by atoms with E-state index in [1.54, 1.807) is 0 Å². The zero-order chi connectivity index (χ0) is 27.2. The second-order valence-electron chi connectivity index (χ2n) is 9.42. The molecule has 0 unspecified atom stereocenters. The molecular formula is C40H28. The topological polar surface area (TPSA) is 0 Å². The predicted molar refractivity (Wildman–Crippen MR) is 166 cm³/mol. The van der Waals surface area contributed by atoms with Crippen molar-refractivity contribution in [3.05, 3.63) is 166 Å². The zero-order valence-corrected chi connectivity index (χ0v) is 22.4. The van der Waals surface area contributed by atoms with E-state index in [0.29, 0.717) is 0 Å². The molecule has 0 aliphatic heterocycles. The average Bonchev–Trinajstić information content (AvgIpc) is 3.03. The van der Waals surface area contributed by atoms with E-state index >= 15 is 0 Å². The predicted octanol–water partition coefficient (Wildman–Crippen LogP) is 8.36. The first kappa shape index (κ1) is 26.2. The third-order valence-corrected chi connectivity index (χ3v) is 6.59. The molecule has 1 fully saturated rings. The van der Waals surface area contributed by atoms with Crippen molar-refractivity contribution in [2.45, 2.75) is 25.7 Å². The van der Waals surface area contributed by atoms with Crippen LogP contribution < -0.4 is 0 Å². The molecule has 1 saturated carbocycles. The normalized spacial score (nSPS) is 11.7. The molecule has 4 aromatic rings. The van der Waals surface area contributed by atoms with Crippen molar-refractivity contribution in [1.29, 1.82) is 0 Å². The van der Waals surface area contributed by atoms with Crippen molar-refractivity contribution in [3.8, 4) is 47.4 Å². The summed E-state index contributed by atoms with van der Waals surface area (Å²) < 4.78 is 0. The van der Waals surface area contributed by atoms with Gasteiger partial charge in [-0.1, -0.05) is 120 Å². The van der Waals surface area contributed by atoms with Crippen molar-refractivity contribution in [2.75, 3.05) is 0 Å². The van der Waals surface area contributed by atoms with Gasteiger partial charge < -0.3 is 0 Å². The van der Waals surface area contributed by atoms with Crippen LogP contribution in [0.25, 0.3) is 0 Å². The van der Waals surface area contributed by atoms with Crippen LogP contribution in [0, 0.1) is 47.4 Å². The summed E-state index contributed by atoms with van der Waals surface area (Å²) >= 11 is 0. The van der Waals surface area contributed by atoms with Gasteiger partial charge >= 0.3 is 0 Å². The van der Waals surface area contributed by atoms with Gasteiger partial charge in [0.1, 0.15) is 0 Å². The molecule has 0 radical (unpaired) electrons. The molecule has 0 nitrogen and oxygen atoms in total. The third kappa shape index (κ3) is 7.80. The largest absolute Gasteiger partial charge is 0.0743 e. The maximum Gasteiger partial charge on any atom is 0.0743 e. The summed E-state index contributed by atoms with van der Waals surface area (Å²) in [6.07, 6.45) is 3.62. The Morgan fingerprint density at radius 3 is 0.775 bits per heavy atom. The van der Waals surface area contributed by atoms with Gasteiger partial charge in [0.2, 0.25) is 0 Å². The van der Waals surface area contributed by atoms with Crippen LogP contribution in [0.1, 0.15) is 47.9 Å². The highest BCUT2D eigenvalue weighted by Gasteiger charge is 2.15. The smallest absolute Gasteiger partial charge is 0.0622 e. The van der Waals surface area contributed by atoms with E-state index in [4.69, 9.17) is 0 Å². The van der Waals surface area contributed by atoms with Gasteiger partial charge in [-0.15, -0.1) is 0 Å². The second-order valence-corrected chi connectivity index (χ2v) is 9.42. The number of benzene rings is 4. The Hall–Kier alpha value is -5.40. The minimum absolute atomic E-state index is 0.904. The lowest BCUT2D eigenvalue weighted by molar-refractivity contribution is 0.722. The highest BCUT2D eigenvalue weighted by molar-refractivity contribution is 5.57. The molecule has 4 aromatic carbocycles. The quantitative estimate of drug-likeness (QED) is 0.209. The molecule has 40 heavy (non-hydrogen) atoms. The van der Waals surface area contributed by atoms with Gasteiger partial charge in [-0.05, 0) is 85.4 Å². The molecule has 1 aliphatic rings. The van der Waals surface area contributed by atoms with Crippen molar-refractivity contribution >= 4 is 0 Å². The number of hydrogen-bond acceptors (Lipinski definition) is 0. The van der Waals surface area contributed by atoms with E-state index in [1.165, 1.54) is 11.1 Å². The molecular weight excluding hydrogens is 480 g/mol. The first-order valence-corrected chi connectivity index (χ1v) is 13.6. The first-order valence-electron chi connectivity index (χ1n) is 13.6. The number of hydrogen-bond donors (Lipinski definition) is 0. The summed E-state index contributed by atoms with van der Waals surface area (Å²) in [5.74, 6) is 26.9. The summed E-state index contributed by atoms with van der Waals surface area (Å²) in [4.78, 5) is 0. The maximum absolute atomic E-state index is 3.40. The summed E-state index contributed by atoms with van der Waals surface area (Å²) in [7, 11) is 0. The maximum atomic E-state index is 3.40. The van der Waals surface area contributed by atoms with E-state index in [0.717, 1.165) is 59.1 Å². The van der Waals surface area contributed by atoms with Crippen LogP contribution in [0.15, 0.2) is 144 Å². The van der Waals surface area contributed by atoms with Gasteiger partial charge in [-0.25, -0.2) is 0 Å². The van der Waals surface area contributed by atoms with Gasteiger partial charge in [-0.2, -0.15) is 0 Å². The van der Waals surface area contributed by atoms with Crippen LogP contribution >= 0.6 is 0 Å². The summed E-state index contributed by atoms with van der Waals surface area (Å²) in [5.41, 5.74) is 8.45. The molecule has 0 heteroatoms. The van der Waals surface area contributed by atoms with Gasteiger partial charge in [0, 0.05) is 22.3 Å². The lowest BCUT2D eigenvalue weighted by Crippen LogP contribution is -2.03. The Balaban J connectivity index is 1.47. The Labute approximate surface area is 238 Å². The lowest BCUT2D eigenvalue weighted by Gasteiger charge is -2.18. The van der Waals surface area contributed by atoms with Crippen LogP contribution in [-0.4, -0.2) is 0 Å². The third-order valence-electron chi connectivity index (χ3n) is 6.59. The summed E-state index contributed by atoms with van der Waals surface area (Å²) in [6, 6.07) is 40.4. The molecule has 0 amide bonds. The fourth-order valence-corrected chi connectivity index (χ4v) is 4.39. The summed E-state index contributed by atoms with van der Waals surface area (Å²) in [5, 5.41) is 0. The van der Waals surface area contributed by atoms with E-state index in [2.05, 4.69) is 47.4 Å². The average molecular weight is 509 g/mol. The van der Waals surface area contributed by atoms with E-state index in [9.17, 15) is 0 Å². The number of rotatable bonds is 0. The van der Waals surface area contributed by atoms with Crippen LogP contribution in [0.5, 0.6) is 0 Å². The Morgan fingerprint density at radius 1 is 0.325 bits per heavy atom. The molecule has 1 aliphatic carbocycles. The summed E-state index contributed by atoms with van der Waals surface area (Å²) in [6.45, 7) is 0. The van der Waals surface area contributed by atoms with Crippen molar-refractivity contribution in [2.24, 2.45) is 0 Å². The molecule has 5 rings (SSSR count). The molecule has 0 heterocycles. The molecule has 188 valence electrons. The Bertz CT molecular complexity index is 1490.